The first-order valence-electron chi connectivity index (χ1n) is 5.07. The molecule has 80 valence electrons. The van der Waals surface area contributed by atoms with Crippen molar-refractivity contribution in [3.63, 3.8) is 0 Å². The molecule has 1 aromatic rings. The van der Waals surface area contributed by atoms with Crippen LogP contribution >= 0.6 is 0 Å². The topological polar surface area (TPSA) is 47.1 Å². The number of likely N-dealkylation sites (N-methyl/N-ethyl adjacent to an activating group) is 1. The molecule has 0 saturated heterocycles. The predicted molar refractivity (Wildman–Crippen MR) is 58.0 cm³/mol. The largest absolute Gasteiger partial charge is 0.329 e. The van der Waals surface area contributed by atoms with Crippen LogP contribution in [-0.2, 0) is 20.0 Å². The maximum absolute atomic E-state index is 5.50. The smallest absolute Gasteiger partial charge is 0.0666 e. The molecule has 1 heterocycles. The van der Waals surface area contributed by atoms with Gasteiger partial charge in [0.25, 0.3) is 0 Å². The second-order valence-electron chi connectivity index (χ2n) is 3.65. The molecule has 0 aliphatic heterocycles. The molecule has 0 spiro atoms. The lowest BCUT2D eigenvalue weighted by Crippen LogP contribution is -2.25. The molecule has 4 heteroatoms. The summed E-state index contributed by atoms with van der Waals surface area (Å²) < 4.78 is 1.88. The Bertz CT molecular complexity index is 280. The van der Waals surface area contributed by atoms with Gasteiger partial charge in [-0.05, 0) is 13.5 Å². The van der Waals surface area contributed by atoms with Gasteiger partial charge in [-0.2, -0.15) is 5.10 Å². The van der Waals surface area contributed by atoms with Crippen LogP contribution in [0.15, 0.2) is 6.20 Å². The predicted octanol–water partition coefficient (Wildman–Crippen LogP) is 0.373. The summed E-state index contributed by atoms with van der Waals surface area (Å²) in [5.74, 6) is 0. The van der Waals surface area contributed by atoms with E-state index in [0.29, 0.717) is 6.54 Å². The maximum atomic E-state index is 5.50. The van der Waals surface area contributed by atoms with Gasteiger partial charge in [0.2, 0.25) is 0 Å². The Hall–Kier alpha value is -0.870. The number of aromatic nitrogens is 2. The van der Waals surface area contributed by atoms with Gasteiger partial charge in [0, 0.05) is 38.4 Å². The SMILES string of the molecule is CCc1nn(C)cc1CN(C)CCN. The summed E-state index contributed by atoms with van der Waals surface area (Å²) in [6, 6.07) is 0. The first kappa shape index (κ1) is 11.2. The van der Waals surface area contributed by atoms with Crippen LogP contribution in [0.25, 0.3) is 0 Å². The minimum absolute atomic E-state index is 0.707. The normalized spacial score (nSPS) is 11.2. The van der Waals surface area contributed by atoms with Crippen molar-refractivity contribution < 1.29 is 0 Å². The zero-order chi connectivity index (χ0) is 10.6. The Kier molecular flexibility index (Phi) is 4.10. The third-order valence-corrected chi connectivity index (χ3v) is 2.28. The molecule has 1 aromatic heterocycles. The average Bonchev–Trinajstić information content (AvgIpc) is 2.46. The molecule has 0 radical (unpaired) electrons. The van der Waals surface area contributed by atoms with Crippen LogP contribution in [-0.4, -0.2) is 34.8 Å². The zero-order valence-electron chi connectivity index (χ0n) is 9.32. The van der Waals surface area contributed by atoms with Gasteiger partial charge in [0.15, 0.2) is 0 Å². The van der Waals surface area contributed by atoms with E-state index in [4.69, 9.17) is 5.73 Å². The highest BCUT2D eigenvalue weighted by atomic mass is 15.3. The monoisotopic (exact) mass is 196 g/mol. The quantitative estimate of drug-likeness (QED) is 0.740. The van der Waals surface area contributed by atoms with E-state index in [-0.39, 0.29) is 0 Å². The van der Waals surface area contributed by atoms with Crippen molar-refractivity contribution in [1.82, 2.24) is 14.7 Å². The lowest BCUT2D eigenvalue weighted by atomic mass is 10.2. The van der Waals surface area contributed by atoms with Gasteiger partial charge in [0.05, 0.1) is 5.69 Å². The fraction of sp³-hybridized carbons (Fsp3) is 0.700. The van der Waals surface area contributed by atoms with Crippen LogP contribution in [0, 0.1) is 0 Å². The first-order chi connectivity index (χ1) is 6.67. The molecule has 0 unspecified atom stereocenters. The highest BCUT2D eigenvalue weighted by Crippen LogP contribution is 2.09. The molecule has 0 aliphatic rings. The number of nitrogens with two attached hydrogens (primary N) is 1. The molecule has 0 fully saturated rings. The van der Waals surface area contributed by atoms with Crippen molar-refractivity contribution in [3.05, 3.63) is 17.5 Å². The van der Waals surface area contributed by atoms with Crippen molar-refractivity contribution in [2.45, 2.75) is 19.9 Å². The summed E-state index contributed by atoms with van der Waals surface area (Å²) in [5, 5.41) is 4.40. The van der Waals surface area contributed by atoms with Crippen molar-refractivity contribution in [3.8, 4) is 0 Å². The summed E-state index contributed by atoms with van der Waals surface area (Å²) >= 11 is 0. The van der Waals surface area contributed by atoms with Gasteiger partial charge >= 0.3 is 0 Å². The fourth-order valence-corrected chi connectivity index (χ4v) is 1.60. The van der Waals surface area contributed by atoms with E-state index in [9.17, 15) is 0 Å². The molecule has 0 bridgehead atoms. The van der Waals surface area contributed by atoms with E-state index in [0.717, 1.165) is 19.5 Å². The van der Waals surface area contributed by atoms with E-state index in [2.05, 4.69) is 30.2 Å². The molecule has 4 nitrogen and oxygen atoms in total. The van der Waals surface area contributed by atoms with Crippen molar-refractivity contribution in [2.75, 3.05) is 20.1 Å². The lowest BCUT2D eigenvalue weighted by molar-refractivity contribution is 0.335. The Morgan fingerprint density at radius 1 is 1.57 bits per heavy atom. The number of rotatable bonds is 5. The molecular weight excluding hydrogens is 176 g/mol. The standard InChI is InChI=1S/C10H20N4/c1-4-10-9(8-14(3)12-10)7-13(2)6-5-11/h8H,4-7,11H2,1-3H3. The van der Waals surface area contributed by atoms with Gasteiger partial charge in [-0.3, -0.25) is 4.68 Å². The highest BCUT2D eigenvalue weighted by molar-refractivity contribution is 5.16. The minimum Gasteiger partial charge on any atom is -0.329 e. The van der Waals surface area contributed by atoms with E-state index < -0.39 is 0 Å². The van der Waals surface area contributed by atoms with Crippen molar-refractivity contribution in [1.29, 1.82) is 0 Å². The van der Waals surface area contributed by atoms with Crippen LogP contribution in [0.3, 0.4) is 0 Å². The molecule has 14 heavy (non-hydrogen) atoms. The van der Waals surface area contributed by atoms with Crippen LogP contribution in [0.4, 0.5) is 0 Å². The molecule has 1 rings (SSSR count). The van der Waals surface area contributed by atoms with E-state index in [1.54, 1.807) is 0 Å². The summed E-state index contributed by atoms with van der Waals surface area (Å²) in [4.78, 5) is 2.22. The molecule has 0 saturated carbocycles. The second kappa shape index (κ2) is 5.12. The van der Waals surface area contributed by atoms with Crippen LogP contribution in [0.2, 0.25) is 0 Å². The van der Waals surface area contributed by atoms with Crippen LogP contribution in [0.5, 0.6) is 0 Å². The number of aryl methyl sites for hydroxylation is 2. The van der Waals surface area contributed by atoms with E-state index in [1.165, 1.54) is 11.3 Å². The van der Waals surface area contributed by atoms with Gasteiger partial charge in [-0.25, -0.2) is 0 Å². The van der Waals surface area contributed by atoms with Crippen LogP contribution in [0.1, 0.15) is 18.2 Å². The molecule has 2 N–H and O–H groups in total. The molecule has 0 atom stereocenters. The maximum Gasteiger partial charge on any atom is 0.0666 e. The second-order valence-corrected chi connectivity index (χ2v) is 3.65. The van der Waals surface area contributed by atoms with Crippen molar-refractivity contribution in [2.24, 2.45) is 12.8 Å². The summed E-state index contributed by atoms with van der Waals surface area (Å²) in [6.45, 7) is 4.71. The highest BCUT2D eigenvalue weighted by Gasteiger charge is 2.07. The van der Waals surface area contributed by atoms with E-state index in [1.807, 2.05) is 11.7 Å². The average molecular weight is 196 g/mol. The Balaban J connectivity index is 2.65. The number of hydrogen-bond donors (Lipinski definition) is 1. The van der Waals surface area contributed by atoms with E-state index >= 15 is 0 Å². The number of hydrogen-bond acceptors (Lipinski definition) is 3. The van der Waals surface area contributed by atoms with Crippen LogP contribution < -0.4 is 5.73 Å². The number of nitrogens with zero attached hydrogens (tertiary/aromatic N) is 3. The fourth-order valence-electron chi connectivity index (χ4n) is 1.60. The molecule has 0 aliphatic carbocycles. The molecule has 0 aromatic carbocycles. The van der Waals surface area contributed by atoms with Crippen molar-refractivity contribution >= 4 is 0 Å². The summed E-state index contributed by atoms with van der Waals surface area (Å²) in [7, 11) is 4.05. The zero-order valence-corrected chi connectivity index (χ0v) is 9.32. The Labute approximate surface area is 85.7 Å². The third kappa shape index (κ3) is 2.82. The lowest BCUT2D eigenvalue weighted by Gasteiger charge is -2.14. The van der Waals surface area contributed by atoms with Gasteiger partial charge in [0.1, 0.15) is 0 Å². The van der Waals surface area contributed by atoms with Gasteiger partial charge in [-0.1, -0.05) is 6.92 Å². The summed E-state index contributed by atoms with van der Waals surface area (Å²) in [6.07, 6.45) is 3.08. The molecular formula is C10H20N4. The Morgan fingerprint density at radius 3 is 2.86 bits per heavy atom. The summed E-state index contributed by atoms with van der Waals surface area (Å²) in [5.41, 5.74) is 8.00. The van der Waals surface area contributed by atoms with Gasteiger partial charge < -0.3 is 10.6 Å². The first-order valence-corrected chi connectivity index (χ1v) is 5.07. The molecule has 0 amide bonds. The third-order valence-electron chi connectivity index (χ3n) is 2.28. The minimum atomic E-state index is 0.707. The Morgan fingerprint density at radius 2 is 2.29 bits per heavy atom. The van der Waals surface area contributed by atoms with Gasteiger partial charge in [-0.15, -0.1) is 0 Å².